The van der Waals surface area contributed by atoms with E-state index in [1.165, 1.54) is 0 Å². The summed E-state index contributed by atoms with van der Waals surface area (Å²) in [5, 5.41) is 0. The summed E-state index contributed by atoms with van der Waals surface area (Å²) < 4.78 is 0. The fraction of sp³-hybridized carbons (Fsp3) is 0. The molecule has 0 spiro atoms. The van der Waals surface area contributed by atoms with Crippen LogP contribution in [-0.2, 0) is 63.2 Å². The first-order valence-corrected chi connectivity index (χ1v) is 0. The Morgan fingerprint density at radius 2 is 0.300 bits per heavy atom. The van der Waals surface area contributed by atoms with Gasteiger partial charge in [-0.3, -0.25) is 0 Å². The molecule has 0 saturated carbocycles. The van der Waals surface area contributed by atoms with Crippen molar-refractivity contribution in [2.24, 2.45) is 0 Å². The smallest absolute Gasteiger partial charge is 3.00 e. The third-order valence-electron chi connectivity index (χ3n) is 0. The molecule has 0 bridgehead atoms. The molecule has 0 rings (SSSR count). The Kier molecular flexibility index (Phi) is 1180. The summed E-state index contributed by atoms with van der Waals surface area (Å²) in [6.07, 6.45) is 0. The molecule has 0 aliphatic carbocycles. The summed E-state index contributed by atoms with van der Waals surface area (Å²) in [6.45, 7) is 0. The number of hydrogen-bond donors (Lipinski definition) is 0. The third-order valence-corrected chi connectivity index (χ3v) is 0. The molecule has 0 atom stereocenters. The van der Waals surface area contributed by atoms with Crippen LogP contribution in [0.2, 0.25) is 0 Å². The Balaban J connectivity index is 0. The Labute approximate surface area is 162 Å². The Morgan fingerprint density at radius 3 is 0.300 bits per heavy atom. The molecule has 10 heteroatoms. The zero-order valence-corrected chi connectivity index (χ0v) is 19.2. The standard InChI is InChI=1S/4Al.3Pt.3Si/q4*-3;3*+4;;;. The molecule has 10 heavy (non-hydrogen) atoms. The maximum absolute atomic E-state index is 0. The van der Waals surface area contributed by atoms with Gasteiger partial charge in [-0.15, -0.1) is 0 Å². The van der Waals surface area contributed by atoms with Crippen molar-refractivity contribution >= 4 is 102 Å². The molecular formula is Al4Pt3Si3. The van der Waals surface area contributed by atoms with Crippen LogP contribution in [-0.4, -0.2) is 102 Å². The van der Waals surface area contributed by atoms with Gasteiger partial charge in [0.2, 0.25) is 0 Å². The summed E-state index contributed by atoms with van der Waals surface area (Å²) in [5.74, 6) is 0. The van der Waals surface area contributed by atoms with E-state index >= 15 is 0 Å². The van der Waals surface area contributed by atoms with Gasteiger partial charge in [0.1, 0.15) is 0 Å². The molecule has 20 radical (unpaired) electrons. The van der Waals surface area contributed by atoms with Gasteiger partial charge >= 0.3 is 63.2 Å². The molecule has 0 amide bonds. The van der Waals surface area contributed by atoms with Gasteiger partial charge < -0.3 is 69.4 Å². The maximum Gasteiger partial charge on any atom is 4.00 e. The minimum Gasteiger partial charge on any atom is -3.00 e. The molecule has 0 unspecified atom stereocenters. The third kappa shape index (κ3) is 76.8. The van der Waals surface area contributed by atoms with Gasteiger partial charge in [0, 0.05) is 32.9 Å². The van der Waals surface area contributed by atoms with E-state index in [4.69, 9.17) is 0 Å². The van der Waals surface area contributed by atoms with Crippen molar-refractivity contribution in [3.8, 4) is 0 Å². The fourth-order valence-electron chi connectivity index (χ4n) is 0. The average molecular weight is 777 g/mol. The van der Waals surface area contributed by atoms with Crippen LogP contribution in [0.25, 0.3) is 0 Å². The molecule has 0 aromatic rings. The summed E-state index contributed by atoms with van der Waals surface area (Å²) >= 11 is 0. The van der Waals surface area contributed by atoms with Crippen LogP contribution in [0.15, 0.2) is 0 Å². The van der Waals surface area contributed by atoms with E-state index in [2.05, 4.69) is 0 Å². The first-order chi connectivity index (χ1) is 0. The van der Waals surface area contributed by atoms with E-state index in [1.54, 1.807) is 0 Å². The van der Waals surface area contributed by atoms with Crippen LogP contribution in [0, 0.1) is 0 Å². The van der Waals surface area contributed by atoms with Gasteiger partial charge in [0.05, 0.1) is 0 Å². The second-order valence-electron chi connectivity index (χ2n) is 0. The summed E-state index contributed by atoms with van der Waals surface area (Å²) in [6, 6.07) is 0. The minimum absolute atomic E-state index is 0. The van der Waals surface area contributed by atoms with Crippen LogP contribution in [0.3, 0.4) is 0 Å². The second kappa shape index (κ2) is 97.3. The Bertz CT molecular complexity index is 15.7. The predicted octanol–water partition coefficient (Wildman–Crippen LogP) is -2.67. The molecule has 0 fully saturated rings. The van der Waals surface area contributed by atoms with Crippen LogP contribution in [0.5, 0.6) is 0 Å². The fourth-order valence-corrected chi connectivity index (χ4v) is 0. The molecule has 0 saturated heterocycles. The van der Waals surface area contributed by atoms with E-state index in [0.29, 0.717) is 0 Å². The summed E-state index contributed by atoms with van der Waals surface area (Å²) in [5.41, 5.74) is 0. The molecule has 0 heterocycles. The van der Waals surface area contributed by atoms with Crippen molar-refractivity contribution in [3.63, 3.8) is 0 Å². The quantitative estimate of drug-likeness (QED) is 0.236. The zero-order chi connectivity index (χ0) is 0. The largest absolute Gasteiger partial charge is 4.00 e. The normalized spacial score (nSPS) is 0. The van der Waals surface area contributed by atoms with E-state index in [1.807, 2.05) is 0 Å². The van der Waals surface area contributed by atoms with Crippen LogP contribution in [0.1, 0.15) is 0 Å². The van der Waals surface area contributed by atoms with E-state index in [9.17, 15) is 0 Å². The molecule has 0 nitrogen and oxygen atoms in total. The topological polar surface area (TPSA) is 0 Å². The molecule has 0 aromatic heterocycles. The van der Waals surface area contributed by atoms with Gasteiger partial charge in [-0.25, -0.2) is 0 Å². The maximum atomic E-state index is 0. The zero-order valence-electron chi connectivity index (χ0n) is 4.76. The summed E-state index contributed by atoms with van der Waals surface area (Å²) in [7, 11) is 0. The van der Waals surface area contributed by atoms with E-state index < -0.39 is 0 Å². The molecule has 0 aliphatic heterocycles. The van der Waals surface area contributed by atoms with Crippen molar-refractivity contribution in [3.05, 3.63) is 0 Å². The molecule has 0 N–H and O–H groups in total. The number of hydrogen-bond acceptors (Lipinski definition) is 0. The average Bonchev–Trinajstić information content (AvgIpc) is 0. The monoisotopic (exact) mass is 777 g/mol. The minimum atomic E-state index is 0. The van der Waals surface area contributed by atoms with Gasteiger partial charge in [0.25, 0.3) is 0 Å². The van der Waals surface area contributed by atoms with Crippen molar-refractivity contribution in [2.75, 3.05) is 0 Å². The van der Waals surface area contributed by atoms with Crippen LogP contribution in [0.4, 0.5) is 0 Å². The molecular weight excluding hydrogens is 777 g/mol. The molecule has 54 valence electrons. The first-order valence-electron chi connectivity index (χ1n) is 0. The van der Waals surface area contributed by atoms with Crippen LogP contribution >= 0.6 is 0 Å². The molecule has 0 aromatic carbocycles. The van der Waals surface area contributed by atoms with Crippen LogP contribution < -0.4 is 0 Å². The molecule has 0 aliphatic rings. The van der Waals surface area contributed by atoms with Gasteiger partial charge in [-0.1, -0.05) is 0 Å². The Morgan fingerprint density at radius 1 is 0.300 bits per heavy atom. The SMILES string of the molecule is [Al-3].[Al-3].[Al-3].[Al-3].[Pt+4].[Pt+4].[Pt+4].[Si].[Si].[Si]. The van der Waals surface area contributed by atoms with Crippen molar-refractivity contribution in [2.45, 2.75) is 0 Å². The van der Waals surface area contributed by atoms with Gasteiger partial charge in [0.15, 0.2) is 0 Å². The summed E-state index contributed by atoms with van der Waals surface area (Å²) in [4.78, 5) is 0. The van der Waals surface area contributed by atoms with Crippen molar-refractivity contribution in [1.29, 1.82) is 0 Å². The second-order valence-corrected chi connectivity index (χ2v) is 0. The van der Waals surface area contributed by atoms with Gasteiger partial charge in [-0.2, -0.15) is 0 Å². The van der Waals surface area contributed by atoms with Crippen molar-refractivity contribution in [1.82, 2.24) is 0 Å². The number of rotatable bonds is 0. The predicted molar refractivity (Wildman–Crippen MR) is 40.3 cm³/mol. The Hall–Kier alpha value is 4.85. The van der Waals surface area contributed by atoms with E-state index in [0.717, 1.165) is 0 Å². The van der Waals surface area contributed by atoms with Crippen molar-refractivity contribution < 1.29 is 63.2 Å². The van der Waals surface area contributed by atoms with Gasteiger partial charge in [-0.05, 0) is 0 Å². The first kappa shape index (κ1) is 121. The van der Waals surface area contributed by atoms with E-state index in [-0.39, 0.29) is 166 Å².